The molecule has 26 heavy (non-hydrogen) atoms. The van der Waals surface area contributed by atoms with E-state index in [9.17, 15) is 4.79 Å². The van der Waals surface area contributed by atoms with Gasteiger partial charge in [0.15, 0.2) is 0 Å². The molecule has 2 aliphatic rings. The van der Waals surface area contributed by atoms with Crippen LogP contribution < -0.4 is 15.5 Å². The van der Waals surface area contributed by atoms with Crippen molar-refractivity contribution in [3.63, 3.8) is 0 Å². The average Bonchev–Trinajstić information content (AvgIpc) is 2.98. The van der Waals surface area contributed by atoms with E-state index in [-0.39, 0.29) is 17.5 Å². The van der Waals surface area contributed by atoms with E-state index in [1.807, 2.05) is 0 Å². The fourth-order valence-corrected chi connectivity index (χ4v) is 5.24. The molecule has 1 aromatic carbocycles. The van der Waals surface area contributed by atoms with E-state index < -0.39 is 0 Å². The van der Waals surface area contributed by atoms with Crippen LogP contribution in [0.4, 0.5) is 5.00 Å². The first-order chi connectivity index (χ1) is 12.4. The van der Waals surface area contributed by atoms with Crippen LogP contribution in [0.2, 0.25) is 0 Å². The molecular formula is C21H28N3OS+. The van der Waals surface area contributed by atoms with Crippen molar-refractivity contribution in [3.8, 4) is 0 Å². The highest BCUT2D eigenvalue weighted by Crippen LogP contribution is 2.39. The van der Waals surface area contributed by atoms with Gasteiger partial charge in [-0.15, -0.1) is 11.3 Å². The van der Waals surface area contributed by atoms with Gasteiger partial charge >= 0.3 is 0 Å². The second-order valence-corrected chi connectivity index (χ2v) is 9.52. The fraction of sp³-hybridized carbons (Fsp3) is 0.476. The van der Waals surface area contributed by atoms with Crippen molar-refractivity contribution < 1.29 is 9.69 Å². The molecule has 2 aliphatic heterocycles. The van der Waals surface area contributed by atoms with Crippen molar-refractivity contribution >= 4 is 22.2 Å². The summed E-state index contributed by atoms with van der Waals surface area (Å²) in [6.45, 7) is 12.2. The van der Waals surface area contributed by atoms with Gasteiger partial charge in [0.2, 0.25) is 0 Å². The first-order valence-corrected chi connectivity index (χ1v) is 10.3. The number of rotatable bonds is 2. The summed E-state index contributed by atoms with van der Waals surface area (Å²) in [5.74, 6) is 0.0705. The lowest BCUT2D eigenvalue weighted by molar-refractivity contribution is -0.913. The predicted octanol–water partition coefficient (Wildman–Crippen LogP) is 2.86. The minimum Gasteiger partial charge on any atom is -0.353 e. The summed E-state index contributed by atoms with van der Waals surface area (Å²) < 4.78 is 0. The number of likely N-dealkylation sites (N-methyl/N-ethyl adjacent to an activating group) is 1. The van der Waals surface area contributed by atoms with E-state index >= 15 is 0 Å². The molecule has 5 heteroatoms. The summed E-state index contributed by atoms with van der Waals surface area (Å²) in [6.07, 6.45) is 0.850. The van der Waals surface area contributed by atoms with Crippen molar-refractivity contribution in [3.05, 3.63) is 51.4 Å². The van der Waals surface area contributed by atoms with Gasteiger partial charge in [0, 0.05) is 6.42 Å². The van der Waals surface area contributed by atoms with Crippen LogP contribution in [0.1, 0.15) is 65.8 Å². The fourth-order valence-electron chi connectivity index (χ4n) is 3.89. The first kappa shape index (κ1) is 17.6. The van der Waals surface area contributed by atoms with Gasteiger partial charge < -0.3 is 15.5 Å². The highest BCUT2D eigenvalue weighted by Gasteiger charge is 2.34. The molecule has 1 amide bonds. The molecule has 2 atom stereocenters. The molecular weight excluding hydrogens is 342 g/mol. The third kappa shape index (κ3) is 3.03. The predicted molar refractivity (Wildman–Crippen MR) is 107 cm³/mol. The lowest BCUT2D eigenvalue weighted by atomic mass is 9.86. The van der Waals surface area contributed by atoms with Crippen molar-refractivity contribution in [2.24, 2.45) is 0 Å². The number of nitrogens with one attached hydrogen (secondary N) is 3. The molecule has 0 spiro atoms. The van der Waals surface area contributed by atoms with Gasteiger partial charge in [-0.1, -0.05) is 45.0 Å². The Balaban J connectivity index is 1.61. The molecule has 3 heterocycles. The number of thiophene rings is 1. The normalized spacial score (nSPS) is 22.2. The molecule has 1 aromatic heterocycles. The third-order valence-corrected chi connectivity index (χ3v) is 6.78. The summed E-state index contributed by atoms with van der Waals surface area (Å²) in [5, 5.41) is 7.77. The minimum atomic E-state index is -0.154. The number of anilines is 1. The largest absolute Gasteiger partial charge is 0.353 e. The molecule has 0 saturated heterocycles. The van der Waals surface area contributed by atoms with Gasteiger partial charge in [0.05, 0.1) is 23.5 Å². The summed E-state index contributed by atoms with van der Waals surface area (Å²) >= 11 is 1.77. The van der Waals surface area contributed by atoms with Crippen LogP contribution in [-0.2, 0) is 18.4 Å². The number of hydrogen-bond donors (Lipinski definition) is 3. The Morgan fingerprint density at radius 2 is 1.92 bits per heavy atom. The monoisotopic (exact) mass is 370 g/mol. The molecule has 2 aromatic rings. The van der Waals surface area contributed by atoms with Gasteiger partial charge in [-0.25, -0.2) is 0 Å². The van der Waals surface area contributed by atoms with Crippen LogP contribution in [0.3, 0.4) is 0 Å². The second-order valence-electron chi connectivity index (χ2n) is 8.41. The van der Waals surface area contributed by atoms with Crippen molar-refractivity contribution in [1.82, 2.24) is 5.32 Å². The van der Waals surface area contributed by atoms with E-state index in [4.69, 9.17) is 0 Å². The standard InChI is InChI=1S/C21H27N3OS/c1-5-24-11-10-15-16(12-24)26-20-17(15)19(25)22-18(23-20)13-6-8-14(9-7-13)21(2,3)4/h6-9,18,23H,5,10-12H2,1-4H3,(H,22,25)/p+1/t18-/m1/s1. The molecule has 0 aliphatic carbocycles. The third-order valence-electron chi connectivity index (χ3n) is 5.62. The number of carbonyl (C=O) groups excluding carboxylic acids is 1. The van der Waals surface area contributed by atoms with Crippen LogP contribution in [0.5, 0.6) is 0 Å². The molecule has 138 valence electrons. The van der Waals surface area contributed by atoms with Crippen molar-refractivity contribution in [2.75, 3.05) is 18.4 Å². The summed E-state index contributed by atoms with van der Waals surface area (Å²) in [7, 11) is 0. The van der Waals surface area contributed by atoms with Crippen LogP contribution >= 0.6 is 11.3 Å². The van der Waals surface area contributed by atoms with E-state index in [0.29, 0.717) is 0 Å². The maximum Gasteiger partial charge on any atom is 0.256 e. The Kier molecular flexibility index (Phi) is 4.32. The van der Waals surface area contributed by atoms with Crippen LogP contribution in [-0.4, -0.2) is 19.0 Å². The Morgan fingerprint density at radius 3 is 2.58 bits per heavy atom. The molecule has 0 bridgehead atoms. The molecule has 0 fully saturated rings. The number of benzene rings is 1. The van der Waals surface area contributed by atoms with Gasteiger partial charge in [0.25, 0.3) is 5.91 Å². The quantitative estimate of drug-likeness (QED) is 0.761. The molecule has 1 unspecified atom stereocenters. The van der Waals surface area contributed by atoms with Gasteiger partial charge in [-0.3, -0.25) is 4.79 Å². The summed E-state index contributed by atoms with van der Waals surface area (Å²) in [6, 6.07) is 8.58. The number of carbonyl (C=O) groups is 1. The topological polar surface area (TPSA) is 45.6 Å². The maximum atomic E-state index is 12.8. The summed E-state index contributed by atoms with van der Waals surface area (Å²) in [4.78, 5) is 15.8. The van der Waals surface area contributed by atoms with Crippen LogP contribution in [0.25, 0.3) is 0 Å². The second kappa shape index (κ2) is 6.39. The Labute approximate surface area is 159 Å². The molecule has 0 saturated carbocycles. The Bertz CT molecular complexity index is 832. The first-order valence-electron chi connectivity index (χ1n) is 9.52. The van der Waals surface area contributed by atoms with Gasteiger partial charge in [0.1, 0.15) is 17.7 Å². The SMILES string of the molecule is CC[NH+]1CCc2c(sc3c2C(=O)N[C@@H](c2ccc(C(C)(C)C)cc2)N3)C1. The van der Waals surface area contributed by atoms with E-state index in [2.05, 4.69) is 62.6 Å². The van der Waals surface area contributed by atoms with E-state index in [1.165, 1.54) is 16.0 Å². The van der Waals surface area contributed by atoms with Crippen molar-refractivity contribution in [2.45, 2.75) is 52.2 Å². The lowest BCUT2D eigenvalue weighted by Gasteiger charge is -2.28. The Hall–Kier alpha value is -1.85. The van der Waals surface area contributed by atoms with Crippen LogP contribution in [0.15, 0.2) is 24.3 Å². The molecule has 4 rings (SSSR count). The lowest BCUT2D eigenvalue weighted by Crippen LogP contribution is -3.11. The molecule has 0 radical (unpaired) electrons. The van der Waals surface area contributed by atoms with E-state index in [1.54, 1.807) is 16.2 Å². The summed E-state index contributed by atoms with van der Waals surface area (Å²) in [5.41, 5.74) is 4.70. The highest BCUT2D eigenvalue weighted by atomic mass is 32.1. The number of quaternary nitrogens is 1. The van der Waals surface area contributed by atoms with E-state index in [0.717, 1.165) is 42.2 Å². The molecule has 4 nitrogen and oxygen atoms in total. The smallest absolute Gasteiger partial charge is 0.256 e. The minimum absolute atomic E-state index is 0.0705. The zero-order chi connectivity index (χ0) is 18.5. The number of hydrogen-bond acceptors (Lipinski definition) is 3. The number of amides is 1. The zero-order valence-electron chi connectivity index (χ0n) is 16.0. The zero-order valence-corrected chi connectivity index (χ0v) is 16.8. The Morgan fingerprint density at radius 1 is 1.19 bits per heavy atom. The van der Waals surface area contributed by atoms with Gasteiger partial charge in [-0.05, 0) is 29.0 Å². The maximum absolute atomic E-state index is 12.8. The van der Waals surface area contributed by atoms with Crippen molar-refractivity contribution in [1.29, 1.82) is 0 Å². The number of fused-ring (bicyclic) bond motifs is 3. The van der Waals surface area contributed by atoms with Crippen LogP contribution in [0, 0.1) is 0 Å². The molecule has 3 N–H and O–H groups in total. The van der Waals surface area contributed by atoms with Gasteiger partial charge in [-0.2, -0.15) is 0 Å². The average molecular weight is 371 g/mol. The highest BCUT2D eigenvalue weighted by molar-refractivity contribution is 7.16.